The summed E-state index contributed by atoms with van der Waals surface area (Å²) in [6, 6.07) is 4.68. The molecule has 72 valence electrons. The molecule has 1 atom stereocenters. The van der Waals surface area contributed by atoms with Crippen molar-refractivity contribution in [3.63, 3.8) is 0 Å². The molecule has 0 heterocycles. The van der Waals surface area contributed by atoms with E-state index in [0.717, 1.165) is 0 Å². The Balaban J connectivity index is 2.83. The third-order valence-corrected chi connectivity index (χ3v) is 2.76. The number of aliphatic hydroxyl groups is 1. The van der Waals surface area contributed by atoms with Gasteiger partial charge in [-0.05, 0) is 12.1 Å². The summed E-state index contributed by atoms with van der Waals surface area (Å²) in [5, 5.41) is 8.83. The zero-order chi connectivity index (χ0) is 9.84. The molecule has 0 aromatic heterocycles. The number of benzene rings is 1. The molecule has 0 bridgehead atoms. The van der Waals surface area contributed by atoms with Gasteiger partial charge in [0.15, 0.2) is 0 Å². The molecule has 0 aliphatic heterocycles. The van der Waals surface area contributed by atoms with Crippen LogP contribution in [0.5, 0.6) is 0 Å². The van der Waals surface area contributed by atoms with E-state index in [-0.39, 0.29) is 17.5 Å². The molecule has 13 heavy (non-hydrogen) atoms. The minimum absolute atomic E-state index is 0.0316. The number of halogens is 1. The first-order valence-electron chi connectivity index (χ1n) is 3.96. The number of hydrogen-bond acceptors (Lipinski definition) is 3. The molecule has 0 spiro atoms. The van der Waals surface area contributed by atoms with Gasteiger partial charge >= 0.3 is 0 Å². The predicted molar refractivity (Wildman–Crippen MR) is 53.2 cm³/mol. The Labute approximate surface area is 80.9 Å². The highest BCUT2D eigenvalue weighted by atomic mass is 32.2. The Bertz CT molecular complexity index is 293. The van der Waals surface area contributed by atoms with Gasteiger partial charge in [0.2, 0.25) is 0 Å². The number of aliphatic hydroxyl groups excluding tert-OH is 1. The van der Waals surface area contributed by atoms with Crippen molar-refractivity contribution in [3.8, 4) is 0 Å². The molecular weight excluding hydrogens is 189 g/mol. The minimum atomic E-state index is -0.407. The summed E-state index contributed by atoms with van der Waals surface area (Å²) in [6.07, 6.45) is 0. The zero-order valence-corrected chi connectivity index (χ0v) is 8.14. The number of nitrogens with two attached hydrogens (primary N) is 1. The second-order valence-electron chi connectivity index (χ2n) is 2.76. The lowest BCUT2D eigenvalue weighted by molar-refractivity contribution is 0.300. The van der Waals surface area contributed by atoms with Gasteiger partial charge in [-0.25, -0.2) is 4.39 Å². The number of hydrogen-bond donors (Lipinski definition) is 2. The van der Waals surface area contributed by atoms with Crippen LogP contribution in [0, 0.1) is 5.82 Å². The topological polar surface area (TPSA) is 46.2 Å². The third kappa shape index (κ3) is 2.60. The van der Waals surface area contributed by atoms with E-state index < -0.39 is 5.82 Å². The van der Waals surface area contributed by atoms with Gasteiger partial charge in [0.1, 0.15) is 5.82 Å². The molecule has 0 radical (unpaired) electrons. The van der Waals surface area contributed by atoms with Crippen LogP contribution in [0.3, 0.4) is 0 Å². The van der Waals surface area contributed by atoms with E-state index in [1.54, 1.807) is 12.1 Å². The first-order chi connectivity index (χ1) is 6.15. The predicted octanol–water partition coefficient (Wildman–Crippen LogP) is 1.88. The molecule has 3 N–H and O–H groups in total. The molecule has 2 nitrogen and oxygen atoms in total. The number of rotatable bonds is 3. The van der Waals surface area contributed by atoms with Crippen molar-refractivity contribution in [3.05, 3.63) is 24.0 Å². The van der Waals surface area contributed by atoms with E-state index in [9.17, 15) is 4.39 Å². The van der Waals surface area contributed by atoms with Crippen molar-refractivity contribution in [2.24, 2.45) is 0 Å². The molecule has 0 aliphatic rings. The highest BCUT2D eigenvalue weighted by molar-refractivity contribution is 8.00. The average molecular weight is 201 g/mol. The Morgan fingerprint density at radius 2 is 2.31 bits per heavy atom. The number of nitrogen functional groups attached to an aromatic ring is 1. The van der Waals surface area contributed by atoms with Crippen LogP contribution in [0.4, 0.5) is 10.1 Å². The second-order valence-corrected chi connectivity index (χ2v) is 4.24. The van der Waals surface area contributed by atoms with E-state index in [4.69, 9.17) is 10.8 Å². The first-order valence-corrected chi connectivity index (χ1v) is 4.84. The van der Waals surface area contributed by atoms with E-state index >= 15 is 0 Å². The van der Waals surface area contributed by atoms with E-state index in [1.165, 1.54) is 17.8 Å². The van der Waals surface area contributed by atoms with Crippen LogP contribution in [0.2, 0.25) is 0 Å². The van der Waals surface area contributed by atoms with Crippen LogP contribution >= 0.6 is 11.8 Å². The van der Waals surface area contributed by atoms with Gasteiger partial charge in [-0.2, -0.15) is 0 Å². The Morgan fingerprint density at radius 1 is 1.62 bits per heavy atom. The molecule has 0 amide bonds. The Morgan fingerprint density at radius 3 is 2.92 bits per heavy atom. The fourth-order valence-electron chi connectivity index (χ4n) is 0.874. The number of para-hydroxylation sites is 1. The molecule has 4 heteroatoms. The molecular formula is C9H12FNOS. The molecule has 0 fully saturated rings. The molecule has 0 saturated carbocycles. The van der Waals surface area contributed by atoms with Crippen molar-refractivity contribution in [2.45, 2.75) is 17.1 Å². The first kappa shape index (κ1) is 10.3. The van der Waals surface area contributed by atoms with E-state index in [2.05, 4.69) is 0 Å². The lowest BCUT2D eigenvalue weighted by Crippen LogP contribution is -2.03. The van der Waals surface area contributed by atoms with Crippen molar-refractivity contribution >= 4 is 17.4 Å². The van der Waals surface area contributed by atoms with Crippen LogP contribution < -0.4 is 5.73 Å². The highest BCUT2D eigenvalue weighted by Crippen LogP contribution is 2.29. The summed E-state index contributed by atoms with van der Waals surface area (Å²) in [5.41, 5.74) is 5.67. The van der Waals surface area contributed by atoms with E-state index in [0.29, 0.717) is 4.90 Å². The van der Waals surface area contributed by atoms with E-state index in [1.807, 2.05) is 6.92 Å². The van der Waals surface area contributed by atoms with Crippen LogP contribution in [0.1, 0.15) is 6.92 Å². The quantitative estimate of drug-likeness (QED) is 0.580. The lowest BCUT2D eigenvalue weighted by atomic mass is 10.3. The lowest BCUT2D eigenvalue weighted by Gasteiger charge is -2.09. The zero-order valence-electron chi connectivity index (χ0n) is 7.33. The van der Waals surface area contributed by atoms with Gasteiger partial charge in [-0.3, -0.25) is 0 Å². The second kappa shape index (κ2) is 4.48. The Kier molecular flexibility index (Phi) is 3.57. The fraction of sp³-hybridized carbons (Fsp3) is 0.333. The minimum Gasteiger partial charge on any atom is -0.395 e. The Hall–Kier alpha value is -0.740. The maximum Gasteiger partial charge on any atom is 0.147 e. The largest absolute Gasteiger partial charge is 0.395 e. The standard InChI is InChI=1S/C9H12FNOS/c1-6(5-12)13-8-4-2-3-7(10)9(8)11/h2-4,6,12H,5,11H2,1H3. The van der Waals surface area contributed by atoms with Gasteiger partial charge in [0, 0.05) is 10.1 Å². The smallest absolute Gasteiger partial charge is 0.147 e. The number of anilines is 1. The maximum absolute atomic E-state index is 12.9. The molecule has 1 aromatic rings. The van der Waals surface area contributed by atoms with Crippen LogP contribution in [0.25, 0.3) is 0 Å². The summed E-state index contributed by atoms with van der Waals surface area (Å²) < 4.78 is 12.9. The van der Waals surface area contributed by atoms with Crippen molar-refractivity contribution in [2.75, 3.05) is 12.3 Å². The van der Waals surface area contributed by atoms with Gasteiger partial charge in [0.05, 0.1) is 12.3 Å². The van der Waals surface area contributed by atoms with Crippen molar-refractivity contribution in [1.82, 2.24) is 0 Å². The summed E-state index contributed by atoms with van der Waals surface area (Å²) >= 11 is 1.37. The van der Waals surface area contributed by atoms with Crippen LogP contribution in [-0.4, -0.2) is 17.0 Å². The molecule has 1 aromatic carbocycles. The summed E-state index contributed by atoms with van der Waals surface area (Å²) in [6.45, 7) is 1.91. The van der Waals surface area contributed by atoms with Gasteiger partial charge in [0.25, 0.3) is 0 Å². The number of thioether (sulfide) groups is 1. The van der Waals surface area contributed by atoms with Crippen LogP contribution in [-0.2, 0) is 0 Å². The van der Waals surface area contributed by atoms with Gasteiger partial charge in [-0.15, -0.1) is 11.8 Å². The third-order valence-electron chi connectivity index (χ3n) is 1.60. The molecule has 0 aliphatic carbocycles. The molecule has 1 unspecified atom stereocenters. The average Bonchev–Trinajstić information content (AvgIpc) is 2.13. The van der Waals surface area contributed by atoms with Crippen molar-refractivity contribution < 1.29 is 9.50 Å². The molecule has 1 rings (SSSR count). The normalized spacial score (nSPS) is 12.8. The maximum atomic E-state index is 12.9. The van der Waals surface area contributed by atoms with Gasteiger partial charge in [-0.1, -0.05) is 13.0 Å². The highest BCUT2D eigenvalue weighted by Gasteiger charge is 2.08. The monoisotopic (exact) mass is 201 g/mol. The van der Waals surface area contributed by atoms with Gasteiger partial charge < -0.3 is 10.8 Å². The summed E-state index contributed by atoms with van der Waals surface area (Å²) in [4.78, 5) is 0.682. The molecule has 0 saturated heterocycles. The van der Waals surface area contributed by atoms with Crippen molar-refractivity contribution in [1.29, 1.82) is 0 Å². The summed E-state index contributed by atoms with van der Waals surface area (Å²) in [5.74, 6) is -0.407. The van der Waals surface area contributed by atoms with Crippen LogP contribution in [0.15, 0.2) is 23.1 Å². The summed E-state index contributed by atoms with van der Waals surface area (Å²) in [7, 11) is 0. The fourth-order valence-corrected chi connectivity index (χ4v) is 1.76. The SMILES string of the molecule is CC(CO)Sc1cccc(F)c1N.